The molecule has 1 aliphatic rings. The van der Waals surface area contributed by atoms with E-state index in [9.17, 15) is 9.59 Å². The number of pyridine rings is 1. The number of nitrogens with one attached hydrogen (secondary N) is 1. The lowest BCUT2D eigenvalue weighted by Crippen LogP contribution is -2.49. The Bertz CT molecular complexity index is 1060. The van der Waals surface area contributed by atoms with Crippen molar-refractivity contribution in [3.8, 4) is 0 Å². The van der Waals surface area contributed by atoms with Gasteiger partial charge in [0.15, 0.2) is 5.65 Å². The number of piperidine rings is 1. The molecule has 154 valence electrons. The highest BCUT2D eigenvalue weighted by molar-refractivity contribution is 5.95. The molecular formula is C23H25N5O2. The number of benzene rings is 1. The molecule has 7 heteroatoms. The first-order valence-corrected chi connectivity index (χ1v) is 10.2. The van der Waals surface area contributed by atoms with E-state index in [1.165, 1.54) is 6.08 Å². The SMILES string of the molecule is C[C@@H](NC(=O)/C=C/c1ccccc1)C(=O)N1CCC[C@H](c2nnc3ccccn23)C1. The number of aromatic nitrogens is 3. The van der Waals surface area contributed by atoms with Crippen molar-refractivity contribution >= 4 is 23.5 Å². The lowest BCUT2D eigenvalue weighted by Gasteiger charge is -2.33. The van der Waals surface area contributed by atoms with E-state index in [2.05, 4.69) is 15.5 Å². The van der Waals surface area contributed by atoms with Crippen LogP contribution in [0.15, 0.2) is 60.8 Å². The van der Waals surface area contributed by atoms with Crippen LogP contribution in [0.25, 0.3) is 11.7 Å². The summed E-state index contributed by atoms with van der Waals surface area (Å²) in [5.74, 6) is 0.651. The van der Waals surface area contributed by atoms with Crippen LogP contribution in [0.4, 0.5) is 0 Å². The summed E-state index contributed by atoms with van der Waals surface area (Å²) in [5.41, 5.74) is 1.74. The number of amides is 2. The third-order valence-electron chi connectivity index (χ3n) is 5.39. The smallest absolute Gasteiger partial charge is 0.244 e. The van der Waals surface area contributed by atoms with Gasteiger partial charge in [-0.25, -0.2) is 0 Å². The zero-order chi connectivity index (χ0) is 20.9. The Morgan fingerprint density at radius 2 is 1.93 bits per heavy atom. The van der Waals surface area contributed by atoms with E-state index in [-0.39, 0.29) is 17.7 Å². The van der Waals surface area contributed by atoms with Crippen LogP contribution in [0.5, 0.6) is 0 Å². The number of fused-ring (bicyclic) bond motifs is 1. The van der Waals surface area contributed by atoms with E-state index in [0.29, 0.717) is 13.1 Å². The van der Waals surface area contributed by atoms with Gasteiger partial charge in [-0.3, -0.25) is 14.0 Å². The van der Waals surface area contributed by atoms with E-state index in [1.54, 1.807) is 13.0 Å². The van der Waals surface area contributed by atoms with Gasteiger partial charge in [-0.05, 0) is 43.5 Å². The van der Waals surface area contributed by atoms with E-state index >= 15 is 0 Å². The Balaban J connectivity index is 1.37. The van der Waals surface area contributed by atoms with E-state index in [4.69, 9.17) is 0 Å². The van der Waals surface area contributed by atoms with Crippen LogP contribution in [-0.2, 0) is 9.59 Å². The zero-order valence-corrected chi connectivity index (χ0v) is 16.9. The van der Waals surface area contributed by atoms with Crippen molar-refractivity contribution in [2.45, 2.75) is 31.7 Å². The first kappa shape index (κ1) is 19.8. The molecule has 2 atom stereocenters. The summed E-state index contributed by atoms with van der Waals surface area (Å²) in [5, 5.41) is 11.4. The monoisotopic (exact) mass is 403 g/mol. The number of hydrogen-bond donors (Lipinski definition) is 1. The van der Waals surface area contributed by atoms with Crippen LogP contribution in [-0.4, -0.2) is 50.4 Å². The van der Waals surface area contributed by atoms with Crippen LogP contribution in [0.1, 0.15) is 37.1 Å². The number of nitrogens with zero attached hydrogens (tertiary/aromatic N) is 4. The van der Waals surface area contributed by atoms with Crippen LogP contribution in [0, 0.1) is 0 Å². The van der Waals surface area contributed by atoms with Gasteiger partial charge in [0.2, 0.25) is 11.8 Å². The van der Waals surface area contributed by atoms with Crippen molar-refractivity contribution in [1.82, 2.24) is 24.8 Å². The number of carbonyl (C=O) groups is 2. The van der Waals surface area contributed by atoms with Crippen LogP contribution in [0.3, 0.4) is 0 Å². The molecule has 1 aromatic carbocycles. The van der Waals surface area contributed by atoms with Crippen molar-refractivity contribution in [3.05, 3.63) is 72.2 Å². The molecule has 30 heavy (non-hydrogen) atoms. The van der Waals surface area contributed by atoms with Gasteiger partial charge in [0.25, 0.3) is 0 Å². The van der Waals surface area contributed by atoms with E-state index in [1.807, 2.05) is 64.0 Å². The largest absolute Gasteiger partial charge is 0.341 e. The molecule has 2 amide bonds. The Morgan fingerprint density at radius 3 is 2.77 bits per heavy atom. The average molecular weight is 403 g/mol. The molecule has 1 N–H and O–H groups in total. The van der Waals surface area contributed by atoms with Crippen molar-refractivity contribution in [2.75, 3.05) is 13.1 Å². The molecule has 0 saturated carbocycles. The summed E-state index contributed by atoms with van der Waals surface area (Å²) >= 11 is 0. The number of hydrogen-bond acceptors (Lipinski definition) is 4. The van der Waals surface area contributed by atoms with Gasteiger partial charge in [0.1, 0.15) is 11.9 Å². The summed E-state index contributed by atoms with van der Waals surface area (Å²) in [6.45, 7) is 2.99. The lowest BCUT2D eigenvalue weighted by molar-refractivity contribution is -0.136. The normalized spacial score (nSPS) is 17.9. The predicted octanol–water partition coefficient (Wildman–Crippen LogP) is 2.65. The fourth-order valence-corrected chi connectivity index (χ4v) is 3.86. The maximum atomic E-state index is 12.9. The van der Waals surface area contributed by atoms with Gasteiger partial charge in [-0.2, -0.15) is 0 Å². The Kier molecular flexibility index (Phi) is 5.88. The first-order valence-electron chi connectivity index (χ1n) is 10.2. The molecule has 0 unspecified atom stereocenters. The number of likely N-dealkylation sites (tertiary alicyclic amines) is 1. The predicted molar refractivity (Wildman–Crippen MR) is 115 cm³/mol. The van der Waals surface area contributed by atoms with Gasteiger partial charge in [-0.1, -0.05) is 36.4 Å². The molecule has 2 aromatic heterocycles. The molecule has 4 rings (SSSR count). The third-order valence-corrected chi connectivity index (χ3v) is 5.39. The second kappa shape index (κ2) is 8.90. The van der Waals surface area contributed by atoms with Crippen molar-refractivity contribution in [1.29, 1.82) is 0 Å². The first-order chi connectivity index (χ1) is 14.6. The van der Waals surface area contributed by atoms with Crippen LogP contribution >= 0.6 is 0 Å². The second-order valence-corrected chi connectivity index (χ2v) is 7.58. The van der Waals surface area contributed by atoms with Crippen molar-refractivity contribution < 1.29 is 9.59 Å². The molecule has 0 radical (unpaired) electrons. The molecule has 1 fully saturated rings. The summed E-state index contributed by atoms with van der Waals surface area (Å²) in [4.78, 5) is 27.0. The van der Waals surface area contributed by atoms with Gasteiger partial charge in [0.05, 0.1) is 0 Å². The Hall–Kier alpha value is -3.48. The second-order valence-electron chi connectivity index (χ2n) is 7.58. The Morgan fingerprint density at radius 1 is 1.13 bits per heavy atom. The molecule has 1 aliphatic heterocycles. The van der Waals surface area contributed by atoms with E-state index < -0.39 is 6.04 Å². The van der Waals surface area contributed by atoms with Crippen molar-refractivity contribution in [3.63, 3.8) is 0 Å². The molecular weight excluding hydrogens is 378 g/mol. The standard InChI is InChI=1S/C23H25N5O2/c1-17(24-21(29)13-12-18-8-3-2-4-9-18)23(30)27-14-7-10-19(16-27)22-26-25-20-11-5-6-15-28(20)22/h2-6,8-9,11-13,15,17,19H,7,10,14,16H2,1H3,(H,24,29)/b13-12+/t17-,19+/m1/s1. The van der Waals surface area contributed by atoms with Crippen LogP contribution < -0.4 is 5.32 Å². The topological polar surface area (TPSA) is 79.6 Å². The van der Waals surface area contributed by atoms with Gasteiger partial charge in [0, 0.05) is 31.3 Å². The van der Waals surface area contributed by atoms with Gasteiger partial charge >= 0.3 is 0 Å². The highest BCUT2D eigenvalue weighted by Gasteiger charge is 2.30. The minimum atomic E-state index is -0.591. The summed E-state index contributed by atoms with van der Waals surface area (Å²) in [6.07, 6.45) is 7.00. The zero-order valence-electron chi connectivity index (χ0n) is 16.9. The maximum Gasteiger partial charge on any atom is 0.244 e. The molecule has 0 bridgehead atoms. The minimum absolute atomic E-state index is 0.0741. The highest BCUT2D eigenvalue weighted by Crippen LogP contribution is 2.26. The fourth-order valence-electron chi connectivity index (χ4n) is 3.86. The third kappa shape index (κ3) is 4.40. The maximum absolute atomic E-state index is 12.9. The average Bonchev–Trinajstić information content (AvgIpc) is 3.22. The molecule has 7 nitrogen and oxygen atoms in total. The molecule has 1 saturated heterocycles. The van der Waals surface area contributed by atoms with Crippen molar-refractivity contribution in [2.24, 2.45) is 0 Å². The molecule has 0 spiro atoms. The van der Waals surface area contributed by atoms with Crippen LogP contribution in [0.2, 0.25) is 0 Å². The molecule has 3 aromatic rings. The number of carbonyl (C=O) groups excluding carboxylic acids is 2. The molecule has 3 heterocycles. The fraction of sp³-hybridized carbons (Fsp3) is 0.304. The highest BCUT2D eigenvalue weighted by atomic mass is 16.2. The lowest BCUT2D eigenvalue weighted by atomic mass is 9.96. The van der Waals surface area contributed by atoms with Gasteiger partial charge in [-0.15, -0.1) is 10.2 Å². The quantitative estimate of drug-likeness (QED) is 0.664. The minimum Gasteiger partial charge on any atom is -0.341 e. The number of rotatable bonds is 5. The Labute approximate surface area is 175 Å². The summed E-state index contributed by atoms with van der Waals surface area (Å²) in [7, 11) is 0. The van der Waals surface area contributed by atoms with E-state index in [0.717, 1.165) is 29.9 Å². The molecule has 0 aliphatic carbocycles. The van der Waals surface area contributed by atoms with Gasteiger partial charge < -0.3 is 10.2 Å². The summed E-state index contributed by atoms with van der Waals surface area (Å²) in [6, 6.07) is 14.8. The summed E-state index contributed by atoms with van der Waals surface area (Å²) < 4.78 is 1.98.